The van der Waals surface area contributed by atoms with Gasteiger partial charge in [-0.05, 0) is 43.9 Å². The minimum absolute atomic E-state index is 0.0320. The highest BCUT2D eigenvalue weighted by Crippen LogP contribution is 2.27. The maximum absolute atomic E-state index is 12.0. The van der Waals surface area contributed by atoms with Crippen LogP contribution in [0, 0.1) is 6.92 Å². The minimum atomic E-state index is -0.0320. The predicted molar refractivity (Wildman–Crippen MR) is 73.3 cm³/mol. The van der Waals surface area contributed by atoms with E-state index >= 15 is 0 Å². The summed E-state index contributed by atoms with van der Waals surface area (Å²) >= 11 is 0. The van der Waals surface area contributed by atoms with E-state index in [9.17, 15) is 9.59 Å². The molecule has 3 rings (SSSR count). The number of nitrogens with zero attached hydrogens (tertiary/aromatic N) is 1. The number of hydrogen-bond acceptors (Lipinski definition) is 2. The van der Waals surface area contributed by atoms with Crippen molar-refractivity contribution in [2.24, 2.45) is 0 Å². The van der Waals surface area contributed by atoms with Crippen molar-refractivity contribution in [3.8, 4) is 0 Å². The Morgan fingerprint density at radius 2 is 2.16 bits per heavy atom. The minimum Gasteiger partial charge on any atom is -0.349 e. The van der Waals surface area contributed by atoms with E-state index in [2.05, 4.69) is 5.32 Å². The number of carbonyl (C=O) groups is 2. The fourth-order valence-electron chi connectivity index (χ4n) is 2.44. The van der Waals surface area contributed by atoms with Crippen LogP contribution < -0.4 is 10.2 Å². The third-order valence-electron chi connectivity index (χ3n) is 3.75. The Bertz CT molecular complexity index is 535. The van der Waals surface area contributed by atoms with Gasteiger partial charge in [-0.1, -0.05) is 6.07 Å². The third kappa shape index (κ3) is 2.48. The van der Waals surface area contributed by atoms with Crippen molar-refractivity contribution >= 4 is 17.5 Å². The molecule has 0 spiro atoms. The number of rotatable bonds is 3. The number of anilines is 1. The van der Waals surface area contributed by atoms with Crippen LogP contribution in [0.15, 0.2) is 18.2 Å². The van der Waals surface area contributed by atoms with E-state index in [1.807, 2.05) is 25.1 Å². The summed E-state index contributed by atoms with van der Waals surface area (Å²) in [6, 6.07) is 5.95. The highest BCUT2D eigenvalue weighted by molar-refractivity contribution is 5.99. The monoisotopic (exact) mass is 258 g/mol. The molecule has 0 radical (unpaired) electrons. The summed E-state index contributed by atoms with van der Waals surface area (Å²) in [6.07, 6.45) is 3.67. The fourth-order valence-corrected chi connectivity index (χ4v) is 2.44. The molecule has 2 amide bonds. The van der Waals surface area contributed by atoms with Crippen molar-refractivity contribution in [2.45, 2.75) is 38.6 Å². The fraction of sp³-hybridized carbons (Fsp3) is 0.467. The standard InChI is InChI=1S/C15H18N2O2/c1-10-4-5-11(15(19)16-12-6-7-12)9-13(10)17-8-2-3-14(17)18/h4-5,9,12H,2-3,6-8H2,1H3,(H,16,19). The van der Waals surface area contributed by atoms with E-state index in [1.54, 1.807) is 4.90 Å². The lowest BCUT2D eigenvalue weighted by Crippen LogP contribution is -2.27. The predicted octanol–water partition coefficient (Wildman–Crippen LogP) is 2.01. The maximum atomic E-state index is 12.0. The molecule has 100 valence electrons. The Morgan fingerprint density at radius 3 is 2.79 bits per heavy atom. The van der Waals surface area contributed by atoms with E-state index in [-0.39, 0.29) is 11.8 Å². The second-order valence-corrected chi connectivity index (χ2v) is 5.40. The Hall–Kier alpha value is -1.84. The average Bonchev–Trinajstić information content (AvgIpc) is 3.10. The molecular formula is C15H18N2O2. The third-order valence-corrected chi connectivity index (χ3v) is 3.75. The Balaban J connectivity index is 1.86. The summed E-state index contributed by atoms with van der Waals surface area (Å²) in [7, 11) is 0. The molecular weight excluding hydrogens is 240 g/mol. The second kappa shape index (κ2) is 4.68. The van der Waals surface area contributed by atoms with E-state index in [1.165, 1.54) is 0 Å². The zero-order valence-corrected chi connectivity index (χ0v) is 11.1. The van der Waals surface area contributed by atoms with Gasteiger partial charge in [0.2, 0.25) is 5.91 Å². The molecule has 1 saturated heterocycles. The number of nitrogens with one attached hydrogen (secondary N) is 1. The van der Waals surface area contributed by atoms with Crippen LogP contribution in [0.5, 0.6) is 0 Å². The van der Waals surface area contributed by atoms with Gasteiger partial charge < -0.3 is 10.2 Å². The molecule has 19 heavy (non-hydrogen) atoms. The normalized spacial score (nSPS) is 18.8. The molecule has 1 aliphatic carbocycles. The number of aryl methyl sites for hydroxylation is 1. The Kier molecular flexibility index (Phi) is 3.01. The highest BCUT2D eigenvalue weighted by Gasteiger charge is 2.26. The molecule has 2 fully saturated rings. The molecule has 0 atom stereocenters. The number of amides is 2. The first-order valence-corrected chi connectivity index (χ1v) is 6.87. The molecule has 4 nitrogen and oxygen atoms in total. The van der Waals surface area contributed by atoms with Gasteiger partial charge in [-0.15, -0.1) is 0 Å². The van der Waals surface area contributed by atoms with Crippen molar-refractivity contribution in [1.29, 1.82) is 0 Å². The molecule has 0 aromatic heterocycles. The van der Waals surface area contributed by atoms with Crippen LogP contribution in [0.3, 0.4) is 0 Å². The highest BCUT2D eigenvalue weighted by atomic mass is 16.2. The lowest BCUT2D eigenvalue weighted by molar-refractivity contribution is -0.117. The largest absolute Gasteiger partial charge is 0.349 e. The number of carbonyl (C=O) groups excluding carboxylic acids is 2. The molecule has 1 aromatic carbocycles. The SMILES string of the molecule is Cc1ccc(C(=O)NC2CC2)cc1N1CCCC1=O. The van der Waals surface area contributed by atoms with Crippen LogP contribution in [-0.2, 0) is 4.79 Å². The first-order valence-electron chi connectivity index (χ1n) is 6.87. The van der Waals surface area contributed by atoms with Crippen LogP contribution in [0.2, 0.25) is 0 Å². The molecule has 2 aliphatic rings. The lowest BCUT2D eigenvalue weighted by Gasteiger charge is -2.19. The van der Waals surface area contributed by atoms with Crippen molar-refractivity contribution < 1.29 is 9.59 Å². The van der Waals surface area contributed by atoms with Gasteiger partial charge in [-0.3, -0.25) is 9.59 Å². The number of hydrogen-bond donors (Lipinski definition) is 1. The molecule has 1 N–H and O–H groups in total. The Morgan fingerprint density at radius 1 is 1.37 bits per heavy atom. The van der Waals surface area contributed by atoms with Crippen LogP contribution >= 0.6 is 0 Å². The van der Waals surface area contributed by atoms with Gasteiger partial charge in [0.1, 0.15) is 0 Å². The van der Waals surface area contributed by atoms with Crippen molar-refractivity contribution in [1.82, 2.24) is 5.32 Å². The molecule has 1 heterocycles. The second-order valence-electron chi connectivity index (χ2n) is 5.40. The molecule has 1 aromatic rings. The van der Waals surface area contributed by atoms with Gasteiger partial charge in [-0.2, -0.15) is 0 Å². The summed E-state index contributed by atoms with van der Waals surface area (Å²) in [6.45, 7) is 2.73. The van der Waals surface area contributed by atoms with Crippen LogP contribution in [0.4, 0.5) is 5.69 Å². The van der Waals surface area contributed by atoms with E-state index < -0.39 is 0 Å². The van der Waals surface area contributed by atoms with Crippen LogP contribution in [0.25, 0.3) is 0 Å². The number of benzene rings is 1. The van der Waals surface area contributed by atoms with Gasteiger partial charge in [0.05, 0.1) is 0 Å². The topological polar surface area (TPSA) is 49.4 Å². The molecule has 1 saturated carbocycles. The summed E-state index contributed by atoms with van der Waals surface area (Å²) in [4.78, 5) is 25.7. The van der Waals surface area contributed by atoms with E-state index in [0.29, 0.717) is 18.0 Å². The van der Waals surface area contributed by atoms with Gasteiger partial charge >= 0.3 is 0 Å². The lowest BCUT2D eigenvalue weighted by atomic mass is 10.1. The summed E-state index contributed by atoms with van der Waals surface area (Å²) in [5.74, 6) is 0.123. The van der Waals surface area contributed by atoms with Crippen molar-refractivity contribution in [3.05, 3.63) is 29.3 Å². The van der Waals surface area contributed by atoms with Crippen molar-refractivity contribution in [3.63, 3.8) is 0 Å². The van der Waals surface area contributed by atoms with Crippen LogP contribution in [-0.4, -0.2) is 24.4 Å². The van der Waals surface area contributed by atoms with E-state index in [0.717, 1.165) is 37.1 Å². The summed E-state index contributed by atoms with van der Waals surface area (Å²) in [5.41, 5.74) is 2.57. The Labute approximate surface area is 112 Å². The quantitative estimate of drug-likeness (QED) is 0.901. The van der Waals surface area contributed by atoms with E-state index in [4.69, 9.17) is 0 Å². The maximum Gasteiger partial charge on any atom is 0.251 e. The van der Waals surface area contributed by atoms with Crippen molar-refractivity contribution in [2.75, 3.05) is 11.4 Å². The first-order chi connectivity index (χ1) is 9.15. The van der Waals surface area contributed by atoms with Gasteiger partial charge in [-0.25, -0.2) is 0 Å². The molecule has 4 heteroatoms. The van der Waals surface area contributed by atoms with Crippen LogP contribution in [0.1, 0.15) is 41.6 Å². The zero-order valence-electron chi connectivity index (χ0n) is 11.1. The first kappa shape index (κ1) is 12.2. The summed E-state index contributed by atoms with van der Waals surface area (Å²) < 4.78 is 0. The molecule has 0 unspecified atom stereocenters. The smallest absolute Gasteiger partial charge is 0.251 e. The zero-order chi connectivity index (χ0) is 13.4. The molecule has 1 aliphatic heterocycles. The average molecular weight is 258 g/mol. The van der Waals surface area contributed by atoms with Gasteiger partial charge in [0, 0.05) is 30.3 Å². The molecule has 0 bridgehead atoms. The van der Waals surface area contributed by atoms with Gasteiger partial charge in [0.25, 0.3) is 5.91 Å². The summed E-state index contributed by atoms with van der Waals surface area (Å²) in [5, 5.41) is 2.98. The van der Waals surface area contributed by atoms with Gasteiger partial charge in [0.15, 0.2) is 0 Å².